The Morgan fingerprint density at radius 2 is 1.96 bits per heavy atom. The maximum absolute atomic E-state index is 12.2. The number of anilines is 1. The maximum Gasteiger partial charge on any atom is 0.271 e. The van der Waals surface area contributed by atoms with Crippen molar-refractivity contribution in [1.82, 2.24) is 4.90 Å². The molecule has 0 aliphatic carbocycles. The highest BCUT2D eigenvalue weighted by Gasteiger charge is 2.28. The highest BCUT2D eigenvalue weighted by molar-refractivity contribution is 5.98. The van der Waals surface area contributed by atoms with E-state index in [1.807, 2.05) is 0 Å². The van der Waals surface area contributed by atoms with Crippen molar-refractivity contribution < 1.29 is 14.5 Å². The Kier molecular flexibility index (Phi) is 5.20. The molecule has 0 bridgehead atoms. The summed E-state index contributed by atoms with van der Waals surface area (Å²) >= 11 is 0. The molecule has 0 radical (unpaired) electrons. The van der Waals surface area contributed by atoms with E-state index in [0.29, 0.717) is 36.6 Å². The fourth-order valence-electron chi connectivity index (χ4n) is 2.88. The van der Waals surface area contributed by atoms with Gasteiger partial charge in [-0.2, -0.15) is 0 Å². The van der Waals surface area contributed by atoms with Crippen LogP contribution in [0.25, 0.3) is 0 Å². The van der Waals surface area contributed by atoms with Crippen molar-refractivity contribution in [1.29, 1.82) is 0 Å². The Bertz CT molecular complexity index is 593. The van der Waals surface area contributed by atoms with E-state index in [-0.39, 0.29) is 18.2 Å². The van der Waals surface area contributed by atoms with Gasteiger partial charge in [-0.15, -0.1) is 0 Å². The summed E-state index contributed by atoms with van der Waals surface area (Å²) in [7, 11) is 0. The minimum atomic E-state index is -0.466. The molecule has 1 heterocycles. The van der Waals surface area contributed by atoms with Crippen LogP contribution < -0.4 is 9.64 Å². The van der Waals surface area contributed by atoms with Gasteiger partial charge in [0.05, 0.1) is 10.6 Å². The molecule has 0 unspecified atom stereocenters. The van der Waals surface area contributed by atoms with Crippen molar-refractivity contribution in [2.24, 2.45) is 0 Å². The second-order valence-corrected chi connectivity index (χ2v) is 6.17. The molecule has 1 aromatic rings. The van der Waals surface area contributed by atoms with E-state index in [4.69, 9.17) is 4.74 Å². The molecule has 0 aromatic heterocycles. The molecular formula is C16H23N3O4. The topological polar surface area (TPSA) is 75.9 Å². The van der Waals surface area contributed by atoms with Gasteiger partial charge in [0, 0.05) is 37.3 Å². The number of nitro benzene ring substituents is 1. The maximum atomic E-state index is 12.2. The lowest BCUT2D eigenvalue weighted by Crippen LogP contribution is -2.46. The molecule has 7 nitrogen and oxygen atoms in total. The molecule has 1 amide bonds. The van der Waals surface area contributed by atoms with Crippen LogP contribution in [0.3, 0.4) is 0 Å². The summed E-state index contributed by atoms with van der Waals surface area (Å²) in [5, 5.41) is 11.0. The van der Waals surface area contributed by atoms with Gasteiger partial charge >= 0.3 is 0 Å². The van der Waals surface area contributed by atoms with Gasteiger partial charge in [0.1, 0.15) is 5.75 Å². The molecular weight excluding hydrogens is 298 g/mol. The molecule has 2 rings (SSSR count). The van der Waals surface area contributed by atoms with E-state index < -0.39 is 4.92 Å². The van der Waals surface area contributed by atoms with E-state index in [0.717, 1.165) is 0 Å². The summed E-state index contributed by atoms with van der Waals surface area (Å²) in [6.45, 7) is 9.59. The van der Waals surface area contributed by atoms with Crippen LogP contribution in [0, 0.1) is 10.1 Å². The second-order valence-electron chi connectivity index (χ2n) is 6.17. The van der Waals surface area contributed by atoms with Gasteiger partial charge in [-0.05, 0) is 33.8 Å². The number of rotatable bonds is 6. The quantitative estimate of drug-likeness (QED) is 0.594. The van der Waals surface area contributed by atoms with Gasteiger partial charge in [0.25, 0.3) is 11.6 Å². The first-order chi connectivity index (χ1) is 10.8. The minimum absolute atomic E-state index is 0.0336. The van der Waals surface area contributed by atoms with E-state index in [1.165, 1.54) is 12.1 Å². The Morgan fingerprint density at radius 3 is 2.52 bits per heavy atom. The standard InChI is InChI=1S/C16H23N3O4/c1-11(2)17(12(3)4)7-8-18-14-9-13(19(21)22)5-6-15(14)23-10-16(18)20/h5-6,9,11-12H,7-8,10H2,1-4H3. The monoisotopic (exact) mass is 321 g/mol. The Hall–Kier alpha value is -2.15. The number of nitrogens with zero attached hydrogens (tertiary/aromatic N) is 3. The molecule has 0 fully saturated rings. The number of amides is 1. The van der Waals surface area contributed by atoms with Crippen LogP contribution in [0.5, 0.6) is 5.75 Å². The van der Waals surface area contributed by atoms with Crippen LogP contribution in [0.2, 0.25) is 0 Å². The highest BCUT2D eigenvalue weighted by atomic mass is 16.6. The first-order valence-corrected chi connectivity index (χ1v) is 7.78. The largest absolute Gasteiger partial charge is 0.482 e. The zero-order valence-corrected chi connectivity index (χ0v) is 14.0. The molecule has 0 N–H and O–H groups in total. The highest BCUT2D eigenvalue weighted by Crippen LogP contribution is 2.35. The first kappa shape index (κ1) is 17.2. The van der Waals surface area contributed by atoms with Gasteiger partial charge in [-0.3, -0.25) is 19.8 Å². The number of hydrogen-bond acceptors (Lipinski definition) is 5. The van der Waals surface area contributed by atoms with Crippen LogP contribution >= 0.6 is 0 Å². The van der Waals surface area contributed by atoms with Crippen molar-refractivity contribution in [3.8, 4) is 5.75 Å². The predicted octanol–water partition coefficient (Wildman–Crippen LogP) is 2.44. The lowest BCUT2D eigenvalue weighted by Gasteiger charge is -2.35. The molecule has 1 aliphatic heterocycles. The number of ether oxygens (including phenoxy) is 1. The molecule has 1 aromatic carbocycles. The number of benzene rings is 1. The third kappa shape index (κ3) is 3.79. The first-order valence-electron chi connectivity index (χ1n) is 7.78. The number of nitro groups is 1. The van der Waals surface area contributed by atoms with Crippen LogP contribution in [-0.4, -0.2) is 47.5 Å². The SMILES string of the molecule is CC(C)N(CCN1C(=O)COc2ccc([N+](=O)[O-])cc21)C(C)C. The molecule has 0 spiro atoms. The summed E-state index contributed by atoms with van der Waals surface area (Å²) in [4.78, 5) is 26.6. The smallest absolute Gasteiger partial charge is 0.271 e. The molecule has 0 atom stereocenters. The van der Waals surface area contributed by atoms with Crippen molar-refractivity contribution in [2.75, 3.05) is 24.6 Å². The predicted molar refractivity (Wildman–Crippen MR) is 87.9 cm³/mol. The number of non-ortho nitro benzene ring substituents is 1. The summed E-state index contributed by atoms with van der Waals surface area (Å²) in [6, 6.07) is 5.06. The third-order valence-electron chi connectivity index (χ3n) is 4.00. The Labute approximate surface area is 136 Å². The molecule has 0 saturated heterocycles. The van der Waals surface area contributed by atoms with Gasteiger partial charge in [-0.1, -0.05) is 0 Å². The molecule has 23 heavy (non-hydrogen) atoms. The average Bonchev–Trinajstić information content (AvgIpc) is 2.48. The number of fused-ring (bicyclic) bond motifs is 1. The summed E-state index contributed by atoms with van der Waals surface area (Å²) < 4.78 is 5.38. The Morgan fingerprint density at radius 1 is 1.30 bits per heavy atom. The van der Waals surface area contributed by atoms with Crippen molar-refractivity contribution >= 4 is 17.3 Å². The van der Waals surface area contributed by atoms with E-state index in [1.54, 1.807) is 11.0 Å². The van der Waals surface area contributed by atoms with Gasteiger partial charge < -0.3 is 9.64 Å². The third-order valence-corrected chi connectivity index (χ3v) is 4.00. The van der Waals surface area contributed by atoms with E-state index >= 15 is 0 Å². The fourth-order valence-corrected chi connectivity index (χ4v) is 2.88. The molecule has 7 heteroatoms. The zero-order valence-electron chi connectivity index (χ0n) is 14.0. The minimum Gasteiger partial charge on any atom is -0.482 e. The van der Waals surface area contributed by atoms with Gasteiger partial charge in [0.2, 0.25) is 0 Å². The van der Waals surface area contributed by atoms with Crippen molar-refractivity contribution in [2.45, 2.75) is 39.8 Å². The second kappa shape index (κ2) is 6.95. The molecule has 0 saturated carbocycles. The van der Waals surface area contributed by atoms with Crippen LogP contribution in [0.4, 0.5) is 11.4 Å². The van der Waals surface area contributed by atoms with Crippen LogP contribution in [0.1, 0.15) is 27.7 Å². The fraction of sp³-hybridized carbons (Fsp3) is 0.562. The van der Waals surface area contributed by atoms with Gasteiger partial charge in [0.15, 0.2) is 6.61 Å². The van der Waals surface area contributed by atoms with Crippen molar-refractivity contribution in [3.05, 3.63) is 28.3 Å². The Balaban J connectivity index is 2.24. The molecule has 126 valence electrons. The average molecular weight is 321 g/mol. The van der Waals surface area contributed by atoms with E-state index in [2.05, 4.69) is 32.6 Å². The summed E-state index contributed by atoms with van der Waals surface area (Å²) in [5.41, 5.74) is 0.430. The summed E-state index contributed by atoms with van der Waals surface area (Å²) in [6.07, 6.45) is 0. The van der Waals surface area contributed by atoms with Gasteiger partial charge in [-0.25, -0.2) is 0 Å². The zero-order chi connectivity index (χ0) is 17.1. The normalized spacial score (nSPS) is 14.4. The number of carbonyl (C=O) groups is 1. The summed E-state index contributed by atoms with van der Waals surface area (Å²) in [5.74, 6) is 0.335. The molecule has 1 aliphatic rings. The lowest BCUT2D eigenvalue weighted by molar-refractivity contribution is -0.384. The van der Waals surface area contributed by atoms with E-state index in [9.17, 15) is 14.9 Å². The number of carbonyl (C=O) groups excluding carboxylic acids is 1. The van der Waals surface area contributed by atoms with Crippen molar-refractivity contribution in [3.63, 3.8) is 0 Å². The number of hydrogen-bond donors (Lipinski definition) is 0. The lowest BCUT2D eigenvalue weighted by atomic mass is 10.2. The van der Waals surface area contributed by atoms with Crippen LogP contribution in [-0.2, 0) is 4.79 Å². The van der Waals surface area contributed by atoms with Crippen LogP contribution in [0.15, 0.2) is 18.2 Å².